The number of aromatic nitrogens is 5. The SMILES string of the molecule is Cc1cccc(C)c1-c1ccc2c3ccc(Oc4ccc5c6ccncc6n6c7ccccc7nc6c5c4)cc3c3nc4ccccc4n3c2c1. The molecule has 0 spiro atoms. The lowest BCUT2D eigenvalue weighted by Gasteiger charge is -2.15. The quantitative estimate of drug-likeness (QED) is 0.178. The van der Waals surface area contributed by atoms with E-state index in [0.29, 0.717) is 0 Å². The predicted molar refractivity (Wildman–Crippen MR) is 208 cm³/mol. The zero-order valence-corrected chi connectivity index (χ0v) is 27.9. The van der Waals surface area contributed by atoms with Crippen LogP contribution < -0.4 is 4.74 Å². The lowest BCUT2D eigenvalue weighted by atomic mass is 9.94. The van der Waals surface area contributed by atoms with Crippen molar-refractivity contribution >= 4 is 76.7 Å². The van der Waals surface area contributed by atoms with Gasteiger partial charge in [0, 0.05) is 27.7 Å². The molecule has 240 valence electrons. The van der Waals surface area contributed by atoms with Gasteiger partial charge in [-0.2, -0.15) is 0 Å². The van der Waals surface area contributed by atoms with Crippen LogP contribution in [-0.4, -0.2) is 23.8 Å². The van der Waals surface area contributed by atoms with Crippen LogP contribution in [0.5, 0.6) is 11.5 Å². The number of nitrogens with zero attached hydrogens (tertiary/aromatic N) is 5. The molecule has 11 aromatic rings. The number of hydrogen-bond donors (Lipinski definition) is 0. The van der Waals surface area contributed by atoms with E-state index in [2.05, 4.69) is 143 Å². The van der Waals surface area contributed by atoms with E-state index in [1.165, 1.54) is 27.6 Å². The molecule has 0 radical (unpaired) electrons. The number of hydrogen-bond acceptors (Lipinski definition) is 4. The normalized spacial score (nSPS) is 12.1. The third-order valence-electron chi connectivity index (χ3n) is 10.5. The Bertz CT molecular complexity index is 3240. The molecule has 5 heterocycles. The van der Waals surface area contributed by atoms with E-state index >= 15 is 0 Å². The van der Waals surface area contributed by atoms with Crippen LogP contribution in [0.4, 0.5) is 0 Å². The summed E-state index contributed by atoms with van der Waals surface area (Å²) in [5.41, 5.74) is 13.0. The Kier molecular flexibility index (Phi) is 5.71. The number of pyridine rings is 3. The van der Waals surface area contributed by atoms with Crippen molar-refractivity contribution in [3.8, 4) is 22.6 Å². The van der Waals surface area contributed by atoms with Gasteiger partial charge < -0.3 is 4.74 Å². The molecule has 5 aromatic heterocycles. The summed E-state index contributed by atoms with van der Waals surface area (Å²) in [5.74, 6) is 1.49. The summed E-state index contributed by atoms with van der Waals surface area (Å²) in [4.78, 5) is 14.7. The van der Waals surface area contributed by atoms with Gasteiger partial charge in [0.15, 0.2) is 0 Å². The largest absolute Gasteiger partial charge is 0.457 e. The fourth-order valence-corrected chi connectivity index (χ4v) is 8.21. The summed E-state index contributed by atoms with van der Waals surface area (Å²) in [6, 6.07) is 44.7. The number of ether oxygens (including phenoxy) is 1. The Morgan fingerprint density at radius 2 is 1.04 bits per heavy atom. The van der Waals surface area contributed by atoms with Crippen molar-refractivity contribution in [1.82, 2.24) is 23.8 Å². The van der Waals surface area contributed by atoms with Gasteiger partial charge in [-0.15, -0.1) is 0 Å². The van der Waals surface area contributed by atoms with Crippen LogP contribution in [0, 0.1) is 13.8 Å². The van der Waals surface area contributed by atoms with Crippen molar-refractivity contribution in [3.05, 3.63) is 151 Å². The minimum Gasteiger partial charge on any atom is -0.457 e. The molecular formula is C45H29N5O. The maximum atomic E-state index is 6.68. The fourth-order valence-electron chi connectivity index (χ4n) is 8.21. The lowest BCUT2D eigenvalue weighted by molar-refractivity contribution is 0.484. The molecule has 0 aliphatic carbocycles. The average molecular weight is 656 g/mol. The number of imidazole rings is 2. The monoisotopic (exact) mass is 655 g/mol. The van der Waals surface area contributed by atoms with Gasteiger partial charge in [0.05, 0.1) is 39.3 Å². The van der Waals surface area contributed by atoms with E-state index in [9.17, 15) is 0 Å². The average Bonchev–Trinajstić information content (AvgIpc) is 3.75. The lowest BCUT2D eigenvalue weighted by Crippen LogP contribution is -1.95. The van der Waals surface area contributed by atoms with Gasteiger partial charge in [0.25, 0.3) is 0 Å². The summed E-state index contributed by atoms with van der Waals surface area (Å²) < 4.78 is 11.2. The predicted octanol–water partition coefficient (Wildman–Crippen LogP) is 11.4. The summed E-state index contributed by atoms with van der Waals surface area (Å²) in [6.07, 6.45) is 3.77. The Morgan fingerprint density at radius 3 is 1.69 bits per heavy atom. The van der Waals surface area contributed by atoms with Crippen molar-refractivity contribution in [2.45, 2.75) is 13.8 Å². The third-order valence-corrected chi connectivity index (χ3v) is 10.5. The highest BCUT2D eigenvalue weighted by Crippen LogP contribution is 2.39. The van der Waals surface area contributed by atoms with Gasteiger partial charge in [-0.3, -0.25) is 13.8 Å². The molecule has 6 heteroatoms. The molecule has 0 aliphatic heterocycles. The van der Waals surface area contributed by atoms with Crippen LogP contribution in [0.1, 0.15) is 11.1 Å². The summed E-state index contributed by atoms with van der Waals surface area (Å²) in [7, 11) is 0. The van der Waals surface area contributed by atoms with E-state index in [1.54, 1.807) is 0 Å². The number of para-hydroxylation sites is 4. The van der Waals surface area contributed by atoms with Gasteiger partial charge in [-0.05, 0) is 120 Å². The van der Waals surface area contributed by atoms with E-state index in [1.807, 2.05) is 24.5 Å². The highest BCUT2D eigenvalue weighted by molar-refractivity contribution is 6.16. The Hall–Kier alpha value is -6.79. The second kappa shape index (κ2) is 10.4. The molecule has 6 nitrogen and oxygen atoms in total. The summed E-state index contributed by atoms with van der Waals surface area (Å²) in [5, 5.41) is 6.60. The number of aryl methyl sites for hydroxylation is 2. The van der Waals surface area contributed by atoms with Crippen LogP contribution in [-0.2, 0) is 0 Å². The maximum absolute atomic E-state index is 6.68. The minimum atomic E-state index is 0.743. The van der Waals surface area contributed by atoms with Gasteiger partial charge in [0.1, 0.15) is 22.8 Å². The van der Waals surface area contributed by atoms with Gasteiger partial charge >= 0.3 is 0 Å². The van der Waals surface area contributed by atoms with Gasteiger partial charge in [-0.25, -0.2) is 9.97 Å². The van der Waals surface area contributed by atoms with Crippen LogP contribution in [0.2, 0.25) is 0 Å². The number of benzene rings is 6. The fraction of sp³-hybridized carbons (Fsp3) is 0.0444. The smallest absolute Gasteiger partial charge is 0.146 e. The van der Waals surface area contributed by atoms with Crippen molar-refractivity contribution in [2.75, 3.05) is 0 Å². The molecule has 0 saturated heterocycles. The van der Waals surface area contributed by atoms with Crippen LogP contribution in [0.3, 0.4) is 0 Å². The van der Waals surface area contributed by atoms with Crippen LogP contribution in [0.15, 0.2) is 140 Å². The van der Waals surface area contributed by atoms with Crippen LogP contribution >= 0.6 is 0 Å². The maximum Gasteiger partial charge on any atom is 0.146 e. The first-order chi connectivity index (χ1) is 25.1. The van der Waals surface area contributed by atoms with Gasteiger partial charge in [-0.1, -0.05) is 54.6 Å². The van der Waals surface area contributed by atoms with Crippen molar-refractivity contribution < 1.29 is 4.74 Å². The Morgan fingerprint density at radius 1 is 0.471 bits per heavy atom. The molecule has 0 amide bonds. The zero-order chi connectivity index (χ0) is 33.8. The number of rotatable bonds is 3. The first-order valence-corrected chi connectivity index (χ1v) is 17.2. The molecule has 0 bridgehead atoms. The Labute approximate surface area is 291 Å². The standard InChI is InChI=1S/C45H29N5O/c1-26-8-7-9-27(2)43(26)28-14-17-33-31-18-15-29(23-35(31)44-47-37-10-3-5-12-39(37)49(44)41(33)22-28)51-30-16-19-32-34-20-21-46-25-42(34)50-40-13-6-4-11-38(40)48-45(50)36(32)24-30/h3-25H,1-2H3. The number of fused-ring (bicyclic) bond motifs is 16. The molecule has 51 heavy (non-hydrogen) atoms. The molecular weight excluding hydrogens is 627 g/mol. The second-order valence-corrected chi connectivity index (χ2v) is 13.4. The minimum absolute atomic E-state index is 0.743. The molecule has 6 aromatic carbocycles. The molecule has 0 N–H and O–H groups in total. The highest BCUT2D eigenvalue weighted by atomic mass is 16.5. The second-order valence-electron chi connectivity index (χ2n) is 13.4. The molecule has 0 fully saturated rings. The molecule has 0 atom stereocenters. The summed E-state index contributed by atoms with van der Waals surface area (Å²) >= 11 is 0. The van der Waals surface area contributed by atoms with Crippen molar-refractivity contribution in [1.29, 1.82) is 0 Å². The van der Waals surface area contributed by atoms with E-state index in [0.717, 1.165) is 82.8 Å². The third kappa shape index (κ3) is 4.01. The van der Waals surface area contributed by atoms with Crippen molar-refractivity contribution in [2.24, 2.45) is 0 Å². The van der Waals surface area contributed by atoms with Crippen molar-refractivity contribution in [3.63, 3.8) is 0 Å². The summed E-state index contributed by atoms with van der Waals surface area (Å²) in [6.45, 7) is 4.37. The molecule has 0 saturated carbocycles. The zero-order valence-electron chi connectivity index (χ0n) is 27.9. The Balaban J connectivity index is 1.12. The molecule has 11 rings (SSSR count). The van der Waals surface area contributed by atoms with E-state index in [4.69, 9.17) is 14.7 Å². The van der Waals surface area contributed by atoms with Crippen LogP contribution in [0.25, 0.3) is 87.8 Å². The topological polar surface area (TPSA) is 56.7 Å². The molecule has 0 aliphatic rings. The highest BCUT2D eigenvalue weighted by Gasteiger charge is 2.18. The first kappa shape index (κ1) is 28.1. The van der Waals surface area contributed by atoms with E-state index in [-0.39, 0.29) is 0 Å². The van der Waals surface area contributed by atoms with Gasteiger partial charge in [0.2, 0.25) is 0 Å². The first-order valence-electron chi connectivity index (χ1n) is 17.2. The van der Waals surface area contributed by atoms with E-state index < -0.39 is 0 Å². The molecule has 0 unspecified atom stereocenters.